The molecule has 2 rings (SSSR count). The number of hydrogen-bond donors (Lipinski definition) is 0. The topological polar surface area (TPSA) is 68.7 Å². The van der Waals surface area contributed by atoms with Gasteiger partial charge in [0.1, 0.15) is 12.2 Å². The van der Waals surface area contributed by atoms with E-state index in [1.165, 1.54) is 11.3 Å². The first-order valence-electron chi connectivity index (χ1n) is 7.37. The summed E-state index contributed by atoms with van der Waals surface area (Å²) in [5, 5.41) is 2.22. The van der Waals surface area contributed by atoms with E-state index in [1.54, 1.807) is 16.5 Å². The number of nitrogens with zero attached hydrogens (tertiary/aromatic N) is 2. The van der Waals surface area contributed by atoms with Gasteiger partial charge in [0.15, 0.2) is 5.01 Å². The first-order valence-corrected chi connectivity index (χ1v) is 8.25. The van der Waals surface area contributed by atoms with Crippen molar-refractivity contribution in [3.63, 3.8) is 0 Å². The number of carbonyl (C=O) groups is 2. The number of aromatic nitrogens is 1. The van der Waals surface area contributed by atoms with Crippen LogP contribution in [0.1, 0.15) is 43.4 Å². The second-order valence-electron chi connectivity index (χ2n) is 6.26. The smallest absolute Gasteiger partial charge is 0.410 e. The standard InChI is InChI=1S/C15H22N2O4S/c1-15(2,3)21-14(19)17-7-4-5-11(9-17)20-10-12(18)13-16-6-8-22-13/h6,8,11H,4-5,7,9-10H2,1-3H3. The maximum Gasteiger partial charge on any atom is 0.410 e. The highest BCUT2D eigenvalue weighted by molar-refractivity contribution is 7.11. The van der Waals surface area contributed by atoms with E-state index in [1.807, 2.05) is 20.8 Å². The van der Waals surface area contributed by atoms with E-state index >= 15 is 0 Å². The Kier molecular flexibility index (Phi) is 5.52. The van der Waals surface area contributed by atoms with Gasteiger partial charge in [-0.1, -0.05) is 0 Å². The summed E-state index contributed by atoms with van der Waals surface area (Å²) in [6.45, 7) is 6.65. The lowest BCUT2D eigenvalue weighted by Gasteiger charge is -2.33. The van der Waals surface area contributed by atoms with Gasteiger partial charge in [0.05, 0.1) is 12.6 Å². The molecule has 1 aliphatic heterocycles. The number of ketones is 1. The van der Waals surface area contributed by atoms with E-state index in [0.717, 1.165) is 12.8 Å². The monoisotopic (exact) mass is 326 g/mol. The number of thiazole rings is 1. The molecule has 1 aromatic rings. The molecule has 7 heteroatoms. The van der Waals surface area contributed by atoms with Crippen LogP contribution >= 0.6 is 11.3 Å². The zero-order chi connectivity index (χ0) is 16.2. The van der Waals surface area contributed by atoms with Crippen molar-refractivity contribution in [2.75, 3.05) is 19.7 Å². The average molecular weight is 326 g/mol. The van der Waals surface area contributed by atoms with Crippen LogP contribution in [0, 0.1) is 0 Å². The molecule has 0 bridgehead atoms. The van der Waals surface area contributed by atoms with Crippen molar-refractivity contribution >= 4 is 23.2 Å². The Balaban J connectivity index is 1.80. The minimum Gasteiger partial charge on any atom is -0.444 e. The summed E-state index contributed by atoms with van der Waals surface area (Å²) in [5.74, 6) is -0.121. The van der Waals surface area contributed by atoms with E-state index in [4.69, 9.17) is 9.47 Å². The summed E-state index contributed by atoms with van der Waals surface area (Å²) in [4.78, 5) is 29.5. The SMILES string of the molecule is CC(C)(C)OC(=O)N1CCCC(OCC(=O)c2nccs2)C1. The molecule has 1 fully saturated rings. The van der Waals surface area contributed by atoms with Crippen LogP contribution in [-0.4, -0.2) is 53.2 Å². The lowest BCUT2D eigenvalue weighted by Crippen LogP contribution is -2.45. The number of rotatable bonds is 4. The number of Topliss-reactive ketones (excluding diaryl/α,β-unsaturated/α-hetero) is 1. The quantitative estimate of drug-likeness (QED) is 0.796. The predicted octanol–water partition coefficient (Wildman–Crippen LogP) is 2.74. The van der Waals surface area contributed by atoms with Gasteiger partial charge >= 0.3 is 6.09 Å². The summed E-state index contributed by atoms with van der Waals surface area (Å²) < 4.78 is 11.0. The van der Waals surface area contributed by atoms with Crippen LogP contribution in [0.25, 0.3) is 0 Å². The van der Waals surface area contributed by atoms with Crippen LogP contribution < -0.4 is 0 Å². The second kappa shape index (κ2) is 7.19. The Labute approximate surface area is 134 Å². The lowest BCUT2D eigenvalue weighted by molar-refractivity contribution is -0.0163. The van der Waals surface area contributed by atoms with Crippen molar-refractivity contribution in [1.29, 1.82) is 0 Å². The van der Waals surface area contributed by atoms with Gasteiger partial charge < -0.3 is 14.4 Å². The lowest BCUT2D eigenvalue weighted by atomic mass is 10.1. The molecule has 0 radical (unpaired) electrons. The molecular weight excluding hydrogens is 304 g/mol. The highest BCUT2D eigenvalue weighted by Crippen LogP contribution is 2.17. The van der Waals surface area contributed by atoms with E-state index < -0.39 is 5.60 Å². The van der Waals surface area contributed by atoms with Crippen LogP contribution in [0.2, 0.25) is 0 Å². The number of piperidine rings is 1. The van der Waals surface area contributed by atoms with Crippen molar-refractivity contribution in [2.45, 2.75) is 45.3 Å². The fourth-order valence-electron chi connectivity index (χ4n) is 2.18. The Morgan fingerprint density at radius 1 is 1.45 bits per heavy atom. The third-order valence-corrected chi connectivity index (χ3v) is 3.96. The molecule has 1 aromatic heterocycles. The van der Waals surface area contributed by atoms with Crippen LogP contribution in [0.4, 0.5) is 4.79 Å². The van der Waals surface area contributed by atoms with Crippen molar-refractivity contribution in [1.82, 2.24) is 9.88 Å². The number of hydrogen-bond acceptors (Lipinski definition) is 6. The maximum atomic E-state index is 12.1. The summed E-state index contributed by atoms with van der Waals surface area (Å²) in [6, 6.07) is 0. The van der Waals surface area contributed by atoms with E-state index in [2.05, 4.69) is 4.98 Å². The molecular formula is C15H22N2O4S. The molecule has 0 aromatic carbocycles. The molecule has 1 amide bonds. The second-order valence-corrected chi connectivity index (χ2v) is 7.16. The average Bonchev–Trinajstić information content (AvgIpc) is 2.97. The molecule has 0 spiro atoms. The minimum atomic E-state index is -0.508. The van der Waals surface area contributed by atoms with Gasteiger partial charge in [-0.15, -0.1) is 11.3 Å². The molecule has 2 heterocycles. The Hall–Kier alpha value is -1.47. The van der Waals surface area contributed by atoms with Gasteiger partial charge in [-0.3, -0.25) is 4.79 Å². The molecule has 6 nitrogen and oxygen atoms in total. The third-order valence-electron chi connectivity index (χ3n) is 3.15. The first kappa shape index (κ1) is 16.9. The van der Waals surface area contributed by atoms with Crippen molar-refractivity contribution in [2.24, 2.45) is 0 Å². The molecule has 0 aliphatic carbocycles. The van der Waals surface area contributed by atoms with Gasteiger partial charge in [-0.2, -0.15) is 0 Å². The van der Waals surface area contributed by atoms with Gasteiger partial charge in [-0.05, 0) is 33.6 Å². The Morgan fingerprint density at radius 2 is 2.23 bits per heavy atom. The zero-order valence-corrected chi connectivity index (χ0v) is 14.0. The van der Waals surface area contributed by atoms with Crippen LogP contribution in [0.3, 0.4) is 0 Å². The van der Waals surface area contributed by atoms with Gasteiger partial charge in [0, 0.05) is 18.1 Å². The maximum absolute atomic E-state index is 12.1. The number of ether oxygens (including phenoxy) is 2. The summed E-state index contributed by atoms with van der Waals surface area (Å²) >= 11 is 1.30. The number of likely N-dealkylation sites (tertiary alicyclic amines) is 1. The Morgan fingerprint density at radius 3 is 2.86 bits per heavy atom. The molecule has 1 saturated heterocycles. The van der Waals surface area contributed by atoms with Crippen LogP contribution in [0.5, 0.6) is 0 Å². The fourth-order valence-corrected chi connectivity index (χ4v) is 2.75. The summed E-state index contributed by atoms with van der Waals surface area (Å²) in [5.41, 5.74) is -0.508. The summed E-state index contributed by atoms with van der Waals surface area (Å²) in [7, 11) is 0. The molecule has 122 valence electrons. The molecule has 0 saturated carbocycles. The van der Waals surface area contributed by atoms with Gasteiger partial charge in [0.2, 0.25) is 5.78 Å². The highest BCUT2D eigenvalue weighted by Gasteiger charge is 2.28. The van der Waals surface area contributed by atoms with E-state index in [0.29, 0.717) is 18.1 Å². The van der Waals surface area contributed by atoms with Crippen molar-refractivity contribution in [3.8, 4) is 0 Å². The third kappa shape index (κ3) is 5.06. The highest BCUT2D eigenvalue weighted by atomic mass is 32.1. The first-order chi connectivity index (χ1) is 10.3. The molecule has 1 unspecified atom stereocenters. The van der Waals surface area contributed by atoms with Crippen LogP contribution in [-0.2, 0) is 9.47 Å². The zero-order valence-electron chi connectivity index (χ0n) is 13.2. The van der Waals surface area contributed by atoms with Gasteiger partial charge in [-0.25, -0.2) is 9.78 Å². The van der Waals surface area contributed by atoms with Crippen LogP contribution in [0.15, 0.2) is 11.6 Å². The van der Waals surface area contributed by atoms with Crippen molar-refractivity contribution in [3.05, 3.63) is 16.6 Å². The summed E-state index contributed by atoms with van der Waals surface area (Å²) in [6.07, 6.45) is 2.82. The molecule has 22 heavy (non-hydrogen) atoms. The predicted molar refractivity (Wildman–Crippen MR) is 83.2 cm³/mol. The van der Waals surface area contributed by atoms with E-state index in [-0.39, 0.29) is 24.6 Å². The normalized spacial score (nSPS) is 19.0. The van der Waals surface area contributed by atoms with Crippen molar-refractivity contribution < 1.29 is 19.1 Å². The minimum absolute atomic E-state index is 0.000336. The Bertz CT molecular complexity index is 510. The molecule has 0 N–H and O–H groups in total. The fraction of sp³-hybridized carbons (Fsp3) is 0.667. The number of amides is 1. The molecule has 1 atom stereocenters. The number of carbonyl (C=O) groups excluding carboxylic acids is 2. The van der Waals surface area contributed by atoms with E-state index in [9.17, 15) is 9.59 Å². The molecule has 1 aliphatic rings. The largest absolute Gasteiger partial charge is 0.444 e. The van der Waals surface area contributed by atoms with Gasteiger partial charge in [0.25, 0.3) is 0 Å².